The Balaban J connectivity index is 0.000000265. The smallest absolute Gasteiger partial charge is 0.475 e. The number of carbonyl (C=O) groups is 2. The molecule has 8 heteroatoms. The number of carboxylic acids is 1. The molecule has 0 aromatic rings. The van der Waals surface area contributed by atoms with E-state index in [0.29, 0.717) is 6.42 Å². The van der Waals surface area contributed by atoms with Gasteiger partial charge in [0.15, 0.2) is 5.78 Å². The van der Waals surface area contributed by atoms with Crippen molar-refractivity contribution in [3.8, 4) is 0 Å². The van der Waals surface area contributed by atoms with Crippen LogP contribution in [0.1, 0.15) is 6.42 Å². The van der Waals surface area contributed by atoms with Crippen molar-refractivity contribution < 1.29 is 32.7 Å². The van der Waals surface area contributed by atoms with Gasteiger partial charge in [0.05, 0.1) is 0 Å². The van der Waals surface area contributed by atoms with Crippen LogP contribution in [-0.4, -0.2) is 29.2 Å². The molecule has 0 saturated carbocycles. The summed E-state index contributed by atoms with van der Waals surface area (Å²) in [7, 11) is 0. The van der Waals surface area contributed by atoms with Gasteiger partial charge < -0.3 is 9.94 Å². The third-order valence-corrected chi connectivity index (χ3v) is 0.976. The minimum atomic E-state index is -5.08. The predicted molar refractivity (Wildman–Crippen MR) is 42.0 cm³/mol. The van der Waals surface area contributed by atoms with E-state index >= 15 is 0 Å². The van der Waals surface area contributed by atoms with Gasteiger partial charge in [-0.15, -0.1) is 0 Å². The second-order valence-corrected chi connectivity index (χ2v) is 2.19. The number of halogens is 3. The van der Waals surface area contributed by atoms with Crippen molar-refractivity contribution in [2.45, 2.75) is 12.6 Å². The summed E-state index contributed by atoms with van der Waals surface area (Å²) in [6.07, 6.45) is -0.514. The average Bonchev–Trinajstić information content (AvgIpc) is 2.32. The highest BCUT2D eigenvalue weighted by Gasteiger charge is 2.38. The molecule has 0 aliphatic carbocycles. The number of nitrogens with zero attached hydrogens (tertiary/aromatic N) is 1. The maximum Gasteiger partial charge on any atom is 0.490 e. The number of carboxylic acid groups (broad SMARTS) is 1. The molecule has 1 N–H and O–H groups in total. The minimum absolute atomic E-state index is 0.0289. The molecule has 0 unspecified atom stereocenters. The van der Waals surface area contributed by atoms with Gasteiger partial charge in [0.2, 0.25) is 0 Å². The van der Waals surface area contributed by atoms with E-state index in [1.54, 1.807) is 6.08 Å². The number of Topliss-reactive ketones (excluding diaryl/α,β-unsaturated/α-hetero) is 1. The van der Waals surface area contributed by atoms with E-state index in [4.69, 9.17) is 9.90 Å². The minimum Gasteiger partial charge on any atom is -0.475 e. The van der Waals surface area contributed by atoms with E-state index in [1.807, 2.05) is 0 Å². The zero-order valence-electron chi connectivity index (χ0n) is 7.19. The molecule has 84 valence electrons. The number of aliphatic carboxylic acids is 1. The fourth-order valence-electron chi connectivity index (χ4n) is 0.384. The molecule has 1 aliphatic heterocycles. The average molecular weight is 225 g/mol. The first-order valence-corrected chi connectivity index (χ1v) is 3.51. The van der Waals surface area contributed by atoms with Crippen molar-refractivity contribution in [1.29, 1.82) is 0 Å². The molecule has 15 heavy (non-hydrogen) atoms. The Morgan fingerprint density at radius 2 is 2.07 bits per heavy atom. The molecule has 0 amide bonds. The van der Waals surface area contributed by atoms with Crippen LogP contribution in [0.25, 0.3) is 0 Å². The fourth-order valence-corrected chi connectivity index (χ4v) is 0.384. The lowest BCUT2D eigenvalue weighted by molar-refractivity contribution is -0.192. The van der Waals surface area contributed by atoms with E-state index in [1.165, 1.54) is 12.5 Å². The number of hydrogen-bond acceptors (Lipinski definition) is 4. The topological polar surface area (TPSA) is 76.0 Å². The molecule has 0 spiro atoms. The number of allylic oxidation sites excluding steroid dienone is 1. The van der Waals surface area contributed by atoms with E-state index in [-0.39, 0.29) is 5.78 Å². The van der Waals surface area contributed by atoms with Crippen molar-refractivity contribution >= 4 is 18.0 Å². The Bertz CT molecular complexity index is 295. The Hall–Kier alpha value is -1.86. The summed E-state index contributed by atoms with van der Waals surface area (Å²) in [6, 6.07) is 0. The highest BCUT2D eigenvalue weighted by molar-refractivity contribution is 6.27. The monoisotopic (exact) mass is 225 g/mol. The van der Waals surface area contributed by atoms with E-state index in [0.717, 1.165) is 0 Å². The first kappa shape index (κ1) is 13.1. The van der Waals surface area contributed by atoms with Crippen LogP contribution in [-0.2, 0) is 14.4 Å². The summed E-state index contributed by atoms with van der Waals surface area (Å²) in [5.41, 5.74) is 0. The number of oxime groups is 1. The highest BCUT2D eigenvalue weighted by atomic mass is 19.4. The fraction of sp³-hybridized carbons (Fsp3) is 0.286. The highest BCUT2D eigenvalue weighted by Crippen LogP contribution is 2.13. The molecule has 0 radical (unpaired) electrons. The summed E-state index contributed by atoms with van der Waals surface area (Å²) in [5.74, 6) is -2.79. The molecule has 0 saturated heterocycles. The number of carbonyl (C=O) groups excluding carboxylic acids is 1. The zero-order chi connectivity index (χ0) is 11.9. The molecule has 0 aromatic heterocycles. The normalized spacial score (nSPS) is 14.7. The molecule has 1 heterocycles. The van der Waals surface area contributed by atoms with Crippen molar-refractivity contribution in [3.63, 3.8) is 0 Å². The van der Waals surface area contributed by atoms with Gasteiger partial charge in [0.1, 0.15) is 12.5 Å². The van der Waals surface area contributed by atoms with Gasteiger partial charge >= 0.3 is 12.1 Å². The van der Waals surface area contributed by atoms with Crippen LogP contribution in [0.2, 0.25) is 0 Å². The Kier molecular flexibility index (Phi) is 5.07. The van der Waals surface area contributed by atoms with E-state index < -0.39 is 12.1 Å². The van der Waals surface area contributed by atoms with Crippen LogP contribution in [0.5, 0.6) is 0 Å². The van der Waals surface area contributed by atoms with Crippen molar-refractivity contribution in [2.24, 2.45) is 5.16 Å². The van der Waals surface area contributed by atoms with Gasteiger partial charge in [-0.05, 0) is 6.08 Å². The molecule has 0 atom stereocenters. The standard InChI is InChI=1S/C5H5NO2.C2HF3O2/c7-5-2-1-3-8-6-4-5;3-2(4,5)1(6)7/h1,3-4H,2H2;(H,6,7). The Labute approximate surface area is 81.8 Å². The first-order valence-electron chi connectivity index (χ1n) is 3.51. The lowest BCUT2D eigenvalue weighted by Gasteiger charge is -1.93. The largest absolute Gasteiger partial charge is 0.490 e. The van der Waals surface area contributed by atoms with Gasteiger partial charge in [-0.1, -0.05) is 5.16 Å². The Morgan fingerprint density at radius 3 is 2.53 bits per heavy atom. The summed E-state index contributed by atoms with van der Waals surface area (Å²) in [6.45, 7) is 0. The molecular weight excluding hydrogens is 219 g/mol. The summed E-state index contributed by atoms with van der Waals surface area (Å²) in [4.78, 5) is 23.7. The van der Waals surface area contributed by atoms with Crippen LogP contribution in [0.3, 0.4) is 0 Å². The van der Waals surface area contributed by atoms with E-state index in [9.17, 15) is 18.0 Å². The summed E-state index contributed by atoms with van der Waals surface area (Å²) >= 11 is 0. The van der Waals surface area contributed by atoms with Gasteiger partial charge in [-0.3, -0.25) is 4.79 Å². The first-order chi connectivity index (χ1) is 6.84. The van der Waals surface area contributed by atoms with E-state index in [2.05, 4.69) is 9.99 Å². The van der Waals surface area contributed by atoms with Crippen LogP contribution in [0.4, 0.5) is 13.2 Å². The lowest BCUT2D eigenvalue weighted by atomic mass is 10.3. The van der Waals surface area contributed by atoms with Crippen LogP contribution in [0, 0.1) is 0 Å². The molecule has 0 aromatic carbocycles. The van der Waals surface area contributed by atoms with Gasteiger partial charge in [0.25, 0.3) is 0 Å². The quantitative estimate of drug-likeness (QED) is 0.669. The number of hydrogen-bond donors (Lipinski definition) is 1. The van der Waals surface area contributed by atoms with Gasteiger partial charge in [-0.2, -0.15) is 13.2 Å². The molecular formula is C7H6F3NO4. The van der Waals surface area contributed by atoms with Crippen molar-refractivity contribution in [2.75, 3.05) is 0 Å². The second kappa shape index (κ2) is 5.78. The maximum atomic E-state index is 10.6. The second-order valence-electron chi connectivity index (χ2n) is 2.19. The number of rotatable bonds is 0. The third-order valence-electron chi connectivity index (χ3n) is 0.976. The molecule has 0 bridgehead atoms. The van der Waals surface area contributed by atoms with Crippen LogP contribution < -0.4 is 0 Å². The zero-order valence-corrected chi connectivity index (χ0v) is 7.19. The molecule has 1 aliphatic rings. The summed E-state index contributed by atoms with van der Waals surface area (Å²) < 4.78 is 31.7. The SMILES string of the molecule is O=C(O)C(F)(F)F.O=C1C=NOC=CC1. The molecule has 1 rings (SSSR count). The number of alkyl halides is 3. The number of ketones is 1. The van der Waals surface area contributed by atoms with Crippen molar-refractivity contribution in [1.82, 2.24) is 0 Å². The third kappa shape index (κ3) is 7.23. The van der Waals surface area contributed by atoms with Gasteiger partial charge in [-0.25, -0.2) is 4.79 Å². The summed E-state index contributed by atoms with van der Waals surface area (Å²) in [5, 5.41) is 10.4. The molecule has 0 fully saturated rings. The molecule has 5 nitrogen and oxygen atoms in total. The maximum absolute atomic E-state index is 10.6. The van der Waals surface area contributed by atoms with Crippen LogP contribution >= 0.6 is 0 Å². The van der Waals surface area contributed by atoms with Crippen molar-refractivity contribution in [3.05, 3.63) is 12.3 Å². The van der Waals surface area contributed by atoms with Crippen LogP contribution in [0.15, 0.2) is 17.5 Å². The lowest BCUT2D eigenvalue weighted by Crippen LogP contribution is -2.21. The van der Waals surface area contributed by atoms with Gasteiger partial charge in [0, 0.05) is 6.42 Å². The predicted octanol–water partition coefficient (Wildman–Crippen LogP) is 1.11. The Morgan fingerprint density at radius 1 is 1.53 bits per heavy atom.